The van der Waals surface area contributed by atoms with E-state index in [0.717, 1.165) is 0 Å². The SMILES string of the molecule is CC1CS(=O)(=O)CCN1C(=O)Cn1cc(N)ccc1=O. The second-order valence-electron chi connectivity index (χ2n) is 4.98. The largest absolute Gasteiger partial charge is 0.398 e. The third-order valence-corrected chi connectivity index (χ3v) is 5.10. The van der Waals surface area contributed by atoms with E-state index in [0.29, 0.717) is 5.69 Å². The van der Waals surface area contributed by atoms with Gasteiger partial charge in [0.15, 0.2) is 9.84 Å². The summed E-state index contributed by atoms with van der Waals surface area (Å²) in [5.74, 6) is -0.348. The van der Waals surface area contributed by atoms with Gasteiger partial charge in [-0.3, -0.25) is 9.59 Å². The molecule has 7 nitrogen and oxygen atoms in total. The highest BCUT2D eigenvalue weighted by molar-refractivity contribution is 7.91. The van der Waals surface area contributed by atoms with Crippen LogP contribution in [0.25, 0.3) is 0 Å². The average molecular weight is 299 g/mol. The molecule has 0 bridgehead atoms. The molecule has 0 saturated carbocycles. The fraction of sp³-hybridized carbons (Fsp3) is 0.500. The summed E-state index contributed by atoms with van der Waals surface area (Å²) in [4.78, 5) is 25.3. The van der Waals surface area contributed by atoms with Gasteiger partial charge in [-0.25, -0.2) is 8.42 Å². The second-order valence-corrected chi connectivity index (χ2v) is 7.21. The molecule has 1 aliphatic rings. The van der Waals surface area contributed by atoms with Crippen molar-refractivity contribution in [3.05, 3.63) is 28.7 Å². The first-order chi connectivity index (χ1) is 9.28. The predicted molar refractivity (Wildman–Crippen MR) is 74.9 cm³/mol. The molecule has 1 unspecified atom stereocenters. The van der Waals surface area contributed by atoms with E-state index in [-0.39, 0.29) is 42.1 Å². The average Bonchev–Trinajstić information content (AvgIpc) is 2.32. The Kier molecular flexibility index (Phi) is 3.85. The number of carbonyl (C=O) groups is 1. The van der Waals surface area contributed by atoms with Crippen molar-refractivity contribution in [2.75, 3.05) is 23.8 Å². The molecule has 2 heterocycles. The van der Waals surface area contributed by atoms with Crippen molar-refractivity contribution in [1.82, 2.24) is 9.47 Å². The first-order valence-electron chi connectivity index (χ1n) is 6.24. The van der Waals surface area contributed by atoms with Gasteiger partial charge in [0.25, 0.3) is 5.56 Å². The van der Waals surface area contributed by atoms with Crippen LogP contribution in [0, 0.1) is 0 Å². The number of nitrogens with two attached hydrogens (primary N) is 1. The Morgan fingerprint density at radius 1 is 1.45 bits per heavy atom. The number of amides is 1. The summed E-state index contributed by atoms with van der Waals surface area (Å²) in [6.07, 6.45) is 1.41. The zero-order valence-corrected chi connectivity index (χ0v) is 12.0. The summed E-state index contributed by atoms with van der Waals surface area (Å²) in [5, 5.41) is 0. The molecule has 0 aliphatic carbocycles. The number of rotatable bonds is 2. The van der Waals surface area contributed by atoms with E-state index in [9.17, 15) is 18.0 Å². The minimum absolute atomic E-state index is 0.0328. The van der Waals surface area contributed by atoms with Crippen LogP contribution in [0.3, 0.4) is 0 Å². The quantitative estimate of drug-likeness (QED) is 0.760. The van der Waals surface area contributed by atoms with Gasteiger partial charge in [0, 0.05) is 30.5 Å². The maximum atomic E-state index is 12.2. The monoisotopic (exact) mass is 299 g/mol. The fourth-order valence-corrected chi connectivity index (χ4v) is 3.84. The Balaban J connectivity index is 2.13. The molecule has 1 aromatic rings. The minimum Gasteiger partial charge on any atom is -0.398 e. The normalized spacial score (nSPS) is 21.6. The standard InChI is InChI=1S/C12H17N3O4S/c1-9-8-20(18,19)5-4-15(9)12(17)7-14-6-10(13)2-3-11(14)16/h2-3,6,9H,4-5,7-8,13H2,1H3. The summed E-state index contributed by atoms with van der Waals surface area (Å²) >= 11 is 0. The number of pyridine rings is 1. The van der Waals surface area contributed by atoms with E-state index in [1.807, 2.05) is 0 Å². The van der Waals surface area contributed by atoms with Crippen LogP contribution in [-0.2, 0) is 21.2 Å². The smallest absolute Gasteiger partial charge is 0.251 e. The fourth-order valence-electron chi connectivity index (χ4n) is 2.28. The van der Waals surface area contributed by atoms with E-state index in [4.69, 9.17) is 5.73 Å². The number of carbonyl (C=O) groups excluding carboxylic acids is 1. The Morgan fingerprint density at radius 2 is 2.15 bits per heavy atom. The van der Waals surface area contributed by atoms with Gasteiger partial charge in [-0.05, 0) is 13.0 Å². The van der Waals surface area contributed by atoms with Crippen LogP contribution >= 0.6 is 0 Å². The molecular formula is C12H17N3O4S. The van der Waals surface area contributed by atoms with Crippen molar-refractivity contribution < 1.29 is 13.2 Å². The molecule has 1 aliphatic heterocycles. The molecule has 0 radical (unpaired) electrons. The van der Waals surface area contributed by atoms with Crippen molar-refractivity contribution in [2.24, 2.45) is 0 Å². The van der Waals surface area contributed by atoms with E-state index < -0.39 is 9.84 Å². The maximum absolute atomic E-state index is 12.2. The highest BCUT2D eigenvalue weighted by Crippen LogP contribution is 2.12. The van der Waals surface area contributed by atoms with Crippen molar-refractivity contribution in [3.8, 4) is 0 Å². The third-order valence-electron chi connectivity index (χ3n) is 3.30. The lowest BCUT2D eigenvalue weighted by atomic mass is 10.3. The van der Waals surface area contributed by atoms with Gasteiger partial charge < -0.3 is 15.2 Å². The van der Waals surface area contributed by atoms with Crippen LogP contribution in [0.4, 0.5) is 5.69 Å². The summed E-state index contributed by atoms with van der Waals surface area (Å²) in [6.45, 7) is 1.73. The molecule has 0 aromatic carbocycles. The number of nitrogens with zero attached hydrogens (tertiary/aromatic N) is 2. The van der Waals surface area contributed by atoms with Crippen molar-refractivity contribution in [3.63, 3.8) is 0 Å². The first-order valence-corrected chi connectivity index (χ1v) is 8.06. The second kappa shape index (κ2) is 5.28. The third kappa shape index (κ3) is 3.19. The maximum Gasteiger partial charge on any atom is 0.251 e. The molecule has 1 aromatic heterocycles. The van der Waals surface area contributed by atoms with Gasteiger partial charge in [0.1, 0.15) is 6.54 Å². The summed E-state index contributed by atoms with van der Waals surface area (Å²) in [5.41, 5.74) is 5.66. The van der Waals surface area contributed by atoms with Crippen LogP contribution in [0.15, 0.2) is 23.1 Å². The summed E-state index contributed by atoms with van der Waals surface area (Å²) < 4.78 is 24.2. The Morgan fingerprint density at radius 3 is 2.80 bits per heavy atom. The number of hydrogen-bond donors (Lipinski definition) is 1. The van der Waals surface area contributed by atoms with E-state index in [2.05, 4.69) is 0 Å². The Bertz CT molecular complexity index is 680. The highest BCUT2D eigenvalue weighted by atomic mass is 32.2. The molecule has 8 heteroatoms. The van der Waals surface area contributed by atoms with Gasteiger partial charge >= 0.3 is 0 Å². The predicted octanol–water partition coefficient (Wildman–Crippen LogP) is -0.924. The van der Waals surface area contributed by atoms with Crippen molar-refractivity contribution >= 4 is 21.4 Å². The molecule has 1 fully saturated rings. The molecule has 0 spiro atoms. The van der Waals surface area contributed by atoms with E-state index in [1.165, 1.54) is 27.8 Å². The van der Waals surface area contributed by atoms with Crippen LogP contribution in [-0.4, -0.2) is 47.9 Å². The lowest BCUT2D eigenvalue weighted by molar-refractivity contribution is -0.133. The van der Waals surface area contributed by atoms with Gasteiger partial charge in [-0.15, -0.1) is 0 Å². The molecule has 1 atom stereocenters. The lowest BCUT2D eigenvalue weighted by Crippen LogP contribution is -2.51. The number of aromatic nitrogens is 1. The van der Waals surface area contributed by atoms with E-state index in [1.54, 1.807) is 6.92 Å². The molecule has 110 valence electrons. The van der Waals surface area contributed by atoms with Crippen LogP contribution < -0.4 is 11.3 Å². The van der Waals surface area contributed by atoms with E-state index >= 15 is 0 Å². The van der Waals surface area contributed by atoms with Crippen LogP contribution in [0.2, 0.25) is 0 Å². The molecule has 1 amide bonds. The van der Waals surface area contributed by atoms with Crippen molar-refractivity contribution in [2.45, 2.75) is 19.5 Å². The Labute approximate surface area is 116 Å². The van der Waals surface area contributed by atoms with Gasteiger partial charge in [-0.1, -0.05) is 0 Å². The molecule has 20 heavy (non-hydrogen) atoms. The van der Waals surface area contributed by atoms with Crippen molar-refractivity contribution in [1.29, 1.82) is 0 Å². The zero-order valence-electron chi connectivity index (χ0n) is 11.2. The number of anilines is 1. The van der Waals surface area contributed by atoms with Crippen LogP contribution in [0.1, 0.15) is 6.92 Å². The summed E-state index contributed by atoms with van der Waals surface area (Å²) in [7, 11) is -3.07. The van der Waals surface area contributed by atoms with Gasteiger partial charge in [0.2, 0.25) is 5.91 Å². The van der Waals surface area contributed by atoms with Crippen LogP contribution in [0.5, 0.6) is 0 Å². The Hall–Kier alpha value is -1.83. The number of hydrogen-bond acceptors (Lipinski definition) is 5. The minimum atomic E-state index is -3.07. The molecule has 1 saturated heterocycles. The molecular weight excluding hydrogens is 282 g/mol. The van der Waals surface area contributed by atoms with Gasteiger partial charge in [-0.2, -0.15) is 0 Å². The number of nitrogen functional groups attached to an aromatic ring is 1. The zero-order chi connectivity index (χ0) is 14.9. The first kappa shape index (κ1) is 14.6. The number of sulfone groups is 1. The summed E-state index contributed by atoms with van der Waals surface area (Å²) in [6, 6.07) is 2.39. The highest BCUT2D eigenvalue weighted by Gasteiger charge is 2.31. The van der Waals surface area contributed by atoms with Gasteiger partial charge in [0.05, 0.1) is 11.5 Å². The molecule has 2 rings (SSSR count). The lowest BCUT2D eigenvalue weighted by Gasteiger charge is -2.33. The topological polar surface area (TPSA) is 102 Å². The molecule has 2 N–H and O–H groups in total.